The van der Waals surface area contributed by atoms with E-state index in [-0.39, 0.29) is 11.5 Å². The van der Waals surface area contributed by atoms with Gasteiger partial charge in [0.2, 0.25) is 0 Å². The van der Waals surface area contributed by atoms with Gasteiger partial charge in [-0.2, -0.15) is 0 Å². The van der Waals surface area contributed by atoms with E-state index in [0.717, 1.165) is 94.1 Å². The van der Waals surface area contributed by atoms with Gasteiger partial charge in [-0.15, -0.1) is 0 Å². The molecule has 2 unspecified atom stereocenters. The maximum absolute atomic E-state index is 7.11. The lowest BCUT2D eigenvalue weighted by Gasteiger charge is -2.39. The quantitative estimate of drug-likeness (QED) is 0.159. The van der Waals surface area contributed by atoms with Crippen molar-refractivity contribution in [2.45, 2.75) is 18.4 Å². The highest BCUT2D eigenvalue weighted by molar-refractivity contribution is 6.17. The van der Waals surface area contributed by atoms with Crippen LogP contribution < -0.4 is 4.90 Å². The van der Waals surface area contributed by atoms with Gasteiger partial charge in [-0.3, -0.25) is 0 Å². The average Bonchev–Trinajstić information content (AvgIpc) is 4.21. The van der Waals surface area contributed by atoms with Crippen LogP contribution in [0.1, 0.15) is 18.4 Å². The molecule has 12 aromatic carbocycles. The van der Waals surface area contributed by atoms with Crippen LogP contribution >= 0.6 is 0 Å². The molecule has 0 radical (unpaired) electrons. The maximum Gasteiger partial charge on any atom is 0.164 e. The molecule has 6 heteroatoms. The SMILES string of the molecule is CC12C=CC=CC1c1cc(-c3nc(-c4ccc5ccccc5c4)nc(-c4cccc5oc6cc(-n7c8ccccc8c8cc9ccccc9cc87)c(-c7cccc(-c8ccc9ccccc9c8)c7)cc6c45)n3)ccc1N2c1ccccc1. The molecule has 0 spiro atoms. The minimum absolute atomic E-state index is 0.106. The summed E-state index contributed by atoms with van der Waals surface area (Å²) >= 11 is 0. The highest BCUT2D eigenvalue weighted by Gasteiger charge is 2.47. The zero-order valence-corrected chi connectivity index (χ0v) is 44.7. The van der Waals surface area contributed by atoms with Gasteiger partial charge in [-0.25, -0.2) is 15.0 Å². The molecular weight excluding hydrogens is 999 g/mol. The van der Waals surface area contributed by atoms with Crippen molar-refractivity contribution in [2.24, 2.45) is 0 Å². The number of furan rings is 1. The van der Waals surface area contributed by atoms with E-state index in [9.17, 15) is 0 Å². The molecule has 17 rings (SSSR count). The Bertz CT molecular complexity index is 5220. The molecule has 4 heterocycles. The van der Waals surface area contributed by atoms with Gasteiger partial charge in [0.15, 0.2) is 17.5 Å². The van der Waals surface area contributed by atoms with E-state index < -0.39 is 0 Å². The van der Waals surface area contributed by atoms with Gasteiger partial charge in [0.1, 0.15) is 11.2 Å². The third-order valence-corrected chi connectivity index (χ3v) is 17.4. The van der Waals surface area contributed by atoms with Crippen molar-refractivity contribution in [1.29, 1.82) is 0 Å². The number of para-hydroxylation sites is 2. The molecular formula is C76H49N5O. The number of nitrogens with zero attached hydrogens (tertiary/aromatic N) is 5. The molecule has 0 N–H and O–H groups in total. The second kappa shape index (κ2) is 17.9. The molecule has 0 bridgehead atoms. The zero-order valence-electron chi connectivity index (χ0n) is 44.7. The molecule has 15 aromatic rings. The Kier molecular flexibility index (Phi) is 10.1. The first kappa shape index (κ1) is 46.2. The number of rotatable bonds is 7. The average molecular weight is 1050 g/mol. The standard InChI is InChI=1S/C76H49N5O/c1-76-38-14-13-29-65(76)63-43-57(36-37-67(63)81(76)58-25-3-2-4-26-58)74-77-73(56-35-33-48-18-6-8-20-50(48)41-56)78-75(79-74)60-28-16-31-70-72(60)64-45-61(55-24-15-23-51(40-55)54-34-32-47-17-5-7-19-49(47)39-54)69(46-71(64)82-70)80-66-30-12-11-27-59(66)62-42-52-21-9-10-22-53(52)44-68(62)80/h2-46,65H,1H3. The smallest absolute Gasteiger partial charge is 0.164 e. The number of hydrogen-bond donors (Lipinski definition) is 0. The fourth-order valence-electron chi connectivity index (χ4n) is 13.5. The third kappa shape index (κ3) is 7.18. The Labute approximate surface area is 472 Å². The van der Waals surface area contributed by atoms with Gasteiger partial charge in [0.05, 0.1) is 22.3 Å². The molecule has 0 fully saturated rings. The number of anilines is 2. The van der Waals surface area contributed by atoms with E-state index in [4.69, 9.17) is 19.4 Å². The van der Waals surface area contributed by atoms with Crippen LogP contribution in [-0.2, 0) is 0 Å². The molecule has 1 aliphatic carbocycles. The first-order valence-electron chi connectivity index (χ1n) is 28.1. The van der Waals surface area contributed by atoms with Crippen LogP contribution in [0, 0.1) is 0 Å². The summed E-state index contributed by atoms with van der Waals surface area (Å²) in [5.41, 5.74) is 15.2. The first-order valence-corrected chi connectivity index (χ1v) is 28.1. The molecule has 0 saturated heterocycles. The fourth-order valence-corrected chi connectivity index (χ4v) is 13.5. The predicted octanol–water partition coefficient (Wildman–Crippen LogP) is 19.8. The van der Waals surface area contributed by atoms with Crippen molar-refractivity contribution >= 4 is 87.4 Å². The van der Waals surface area contributed by atoms with E-state index in [2.05, 4.69) is 289 Å². The Balaban J connectivity index is 0.902. The molecule has 2 atom stereocenters. The lowest BCUT2D eigenvalue weighted by Crippen LogP contribution is -2.41. The normalized spacial score (nSPS) is 15.7. The Morgan fingerprint density at radius 3 is 1.80 bits per heavy atom. The molecule has 1 aliphatic heterocycles. The second-order valence-electron chi connectivity index (χ2n) is 22.1. The summed E-state index contributed by atoms with van der Waals surface area (Å²) in [6.45, 7) is 2.33. The number of benzene rings is 12. The number of allylic oxidation sites excluding steroid dienone is 2. The van der Waals surface area contributed by atoms with Crippen molar-refractivity contribution in [3.8, 4) is 62.1 Å². The van der Waals surface area contributed by atoms with Gasteiger partial charge in [-0.05, 0) is 140 Å². The zero-order chi connectivity index (χ0) is 54.0. The van der Waals surface area contributed by atoms with Crippen LogP contribution in [0.2, 0.25) is 0 Å². The topological polar surface area (TPSA) is 60.0 Å². The minimum Gasteiger partial charge on any atom is -0.456 e. The van der Waals surface area contributed by atoms with Crippen LogP contribution in [0.15, 0.2) is 277 Å². The van der Waals surface area contributed by atoms with Gasteiger partial charge < -0.3 is 13.9 Å². The number of fused-ring (bicyclic) bond motifs is 12. The number of hydrogen-bond acceptors (Lipinski definition) is 5. The van der Waals surface area contributed by atoms with E-state index >= 15 is 0 Å². The van der Waals surface area contributed by atoms with Gasteiger partial charge in [-0.1, -0.05) is 188 Å². The van der Waals surface area contributed by atoms with Crippen LogP contribution in [0.3, 0.4) is 0 Å². The van der Waals surface area contributed by atoms with Crippen LogP contribution in [-0.4, -0.2) is 25.1 Å². The van der Waals surface area contributed by atoms with Crippen molar-refractivity contribution in [3.63, 3.8) is 0 Å². The molecule has 384 valence electrons. The largest absolute Gasteiger partial charge is 0.456 e. The lowest BCUT2D eigenvalue weighted by molar-refractivity contribution is 0.542. The molecule has 0 amide bonds. The van der Waals surface area contributed by atoms with Crippen LogP contribution in [0.25, 0.3) is 138 Å². The van der Waals surface area contributed by atoms with E-state index in [1.807, 2.05) is 0 Å². The first-order chi connectivity index (χ1) is 40.5. The van der Waals surface area contributed by atoms with Crippen molar-refractivity contribution < 1.29 is 4.42 Å². The van der Waals surface area contributed by atoms with Gasteiger partial charge in [0, 0.05) is 67.2 Å². The van der Waals surface area contributed by atoms with Crippen molar-refractivity contribution in [1.82, 2.24) is 19.5 Å². The summed E-state index contributed by atoms with van der Waals surface area (Å²) in [5.74, 6) is 1.87. The van der Waals surface area contributed by atoms with Crippen LogP contribution in [0.5, 0.6) is 0 Å². The second-order valence-corrected chi connectivity index (χ2v) is 22.1. The molecule has 6 nitrogen and oxygen atoms in total. The van der Waals surface area contributed by atoms with E-state index in [0.29, 0.717) is 17.5 Å². The Hall–Kier alpha value is -10.7. The van der Waals surface area contributed by atoms with Gasteiger partial charge in [0.25, 0.3) is 0 Å². The summed E-state index contributed by atoms with van der Waals surface area (Å²) in [6.07, 6.45) is 9.01. The minimum atomic E-state index is -0.304. The molecule has 3 aromatic heterocycles. The third-order valence-electron chi connectivity index (χ3n) is 17.4. The van der Waals surface area contributed by atoms with E-state index in [1.54, 1.807) is 0 Å². The van der Waals surface area contributed by atoms with Gasteiger partial charge >= 0.3 is 0 Å². The summed E-state index contributed by atoms with van der Waals surface area (Å²) in [7, 11) is 0. The monoisotopic (exact) mass is 1050 g/mol. The van der Waals surface area contributed by atoms with Crippen molar-refractivity contribution in [3.05, 3.63) is 279 Å². The number of aromatic nitrogens is 4. The fraction of sp³-hybridized carbons (Fsp3) is 0.0395. The summed E-state index contributed by atoms with van der Waals surface area (Å²) in [4.78, 5) is 18.8. The lowest BCUT2D eigenvalue weighted by atomic mass is 9.80. The summed E-state index contributed by atoms with van der Waals surface area (Å²) in [6, 6.07) is 89.6. The summed E-state index contributed by atoms with van der Waals surface area (Å²) < 4.78 is 9.54. The molecule has 82 heavy (non-hydrogen) atoms. The summed E-state index contributed by atoms with van der Waals surface area (Å²) in [5, 5.41) is 11.4. The predicted molar refractivity (Wildman–Crippen MR) is 339 cm³/mol. The maximum atomic E-state index is 7.11. The Morgan fingerprint density at radius 2 is 1.01 bits per heavy atom. The van der Waals surface area contributed by atoms with Crippen LogP contribution in [0.4, 0.5) is 11.4 Å². The highest BCUT2D eigenvalue weighted by Crippen LogP contribution is 2.55. The van der Waals surface area contributed by atoms with Crippen molar-refractivity contribution in [2.75, 3.05) is 4.90 Å². The molecule has 0 saturated carbocycles. The highest BCUT2D eigenvalue weighted by atomic mass is 16.3. The molecule has 2 aliphatic rings. The Morgan fingerprint density at radius 1 is 0.390 bits per heavy atom. The van der Waals surface area contributed by atoms with E-state index in [1.165, 1.54) is 43.6 Å².